The summed E-state index contributed by atoms with van der Waals surface area (Å²) in [4.78, 5) is 122. The average molecular weight is 1120 g/mol. The van der Waals surface area contributed by atoms with Gasteiger partial charge in [0.05, 0.1) is 53.6 Å². The zero-order chi connectivity index (χ0) is 57.6. The Kier molecular flexibility index (Phi) is 21.3. The molecule has 0 bridgehead atoms. The molecule has 13 N–H and O–H groups in total. The first kappa shape index (κ1) is 60.1. The van der Waals surface area contributed by atoms with E-state index in [0.717, 1.165) is 34.7 Å². The second kappa shape index (κ2) is 28.6. The highest BCUT2D eigenvalue weighted by atomic mass is 16.2. The summed E-state index contributed by atoms with van der Waals surface area (Å²) in [6.07, 6.45) is 5.17. The molecule has 0 aromatic heterocycles. The molecule has 3 heterocycles. The summed E-state index contributed by atoms with van der Waals surface area (Å²) in [6.45, 7) is 7.54. The SMILES string of the molecule is CC(=O)NC1CCCC1C(=O)N[C@H](CC(=O)NC1CCCC1C(=O)NC[C@H](CC(C)C)C(=O)NC1CNCC1C(=O)NC1CNCC1C(=O)N[C@H](CC(=O)NC1CNCC1C(N)=O)Cc1ccccc1)Cc1cccc2ccccc12. The fraction of sp³-hybridized carbons (Fsp3) is 0.583. The van der Waals surface area contributed by atoms with Crippen LogP contribution in [0.1, 0.15) is 89.7 Å². The molecule has 2 saturated carbocycles. The minimum absolute atomic E-state index is 0.0188. The Morgan fingerprint density at radius 3 is 1.70 bits per heavy atom. The average Bonchev–Trinajstić information content (AvgIpc) is 4.31. The molecule has 3 aliphatic heterocycles. The second-order valence-electron chi connectivity index (χ2n) is 23.6. The first-order chi connectivity index (χ1) is 39.0. The number of nitrogens with two attached hydrogens (primary N) is 1. The zero-order valence-corrected chi connectivity index (χ0v) is 47.0. The molecule has 3 saturated heterocycles. The minimum atomic E-state index is -0.652. The van der Waals surface area contributed by atoms with Crippen LogP contribution in [0.25, 0.3) is 10.8 Å². The monoisotopic (exact) mass is 1120 g/mol. The van der Waals surface area contributed by atoms with Crippen LogP contribution in [0.15, 0.2) is 72.8 Å². The van der Waals surface area contributed by atoms with Crippen molar-refractivity contribution in [2.75, 3.05) is 45.8 Å². The topological polar surface area (TPSA) is 312 Å². The number of fused-ring (bicyclic) bond motifs is 1. The number of hydrogen-bond acceptors (Lipinski definition) is 12. The maximum atomic E-state index is 14.2. The first-order valence-corrected chi connectivity index (χ1v) is 29.3. The van der Waals surface area contributed by atoms with Crippen LogP contribution in [0.2, 0.25) is 0 Å². The molecule has 21 heteroatoms. The van der Waals surface area contributed by atoms with E-state index in [2.05, 4.69) is 58.5 Å². The molecule has 9 amide bonds. The van der Waals surface area contributed by atoms with Crippen molar-refractivity contribution in [1.82, 2.24) is 58.5 Å². The Balaban J connectivity index is 0.842. The highest BCUT2D eigenvalue weighted by Gasteiger charge is 2.42. The summed E-state index contributed by atoms with van der Waals surface area (Å²) in [5, 5.41) is 36.1. The molecule has 81 heavy (non-hydrogen) atoms. The number of carbonyl (C=O) groups excluding carboxylic acids is 9. The van der Waals surface area contributed by atoms with E-state index < -0.39 is 77.7 Å². The Hall–Kier alpha value is -6.97. The van der Waals surface area contributed by atoms with Gasteiger partial charge in [-0.05, 0) is 72.8 Å². The maximum Gasteiger partial charge on any atom is 0.226 e. The fourth-order valence-corrected chi connectivity index (χ4v) is 12.9. The lowest BCUT2D eigenvalue weighted by molar-refractivity contribution is -0.130. The highest BCUT2D eigenvalue weighted by molar-refractivity contribution is 5.89. The van der Waals surface area contributed by atoms with Gasteiger partial charge in [0.15, 0.2) is 0 Å². The van der Waals surface area contributed by atoms with Crippen LogP contribution in [0.3, 0.4) is 0 Å². The van der Waals surface area contributed by atoms with Crippen molar-refractivity contribution >= 4 is 63.9 Å². The largest absolute Gasteiger partial charge is 0.369 e. The fourth-order valence-electron chi connectivity index (χ4n) is 12.9. The highest BCUT2D eigenvalue weighted by Crippen LogP contribution is 2.29. The Morgan fingerprint density at radius 1 is 0.531 bits per heavy atom. The van der Waals surface area contributed by atoms with Gasteiger partial charge in [-0.2, -0.15) is 0 Å². The van der Waals surface area contributed by atoms with Crippen molar-refractivity contribution < 1.29 is 43.2 Å². The molecular weight excluding hydrogens is 1030 g/mol. The van der Waals surface area contributed by atoms with Crippen LogP contribution in [0, 0.1) is 41.4 Å². The second-order valence-corrected chi connectivity index (χ2v) is 23.6. The number of carbonyl (C=O) groups is 9. The van der Waals surface area contributed by atoms with E-state index in [4.69, 9.17) is 5.73 Å². The molecule has 438 valence electrons. The lowest BCUT2D eigenvalue weighted by atomic mass is 9.93. The normalized spacial score (nSPS) is 26.2. The zero-order valence-electron chi connectivity index (χ0n) is 47.0. The van der Waals surface area contributed by atoms with Crippen molar-refractivity contribution in [3.8, 4) is 0 Å². The quantitative estimate of drug-likeness (QED) is 0.0547. The van der Waals surface area contributed by atoms with Crippen LogP contribution < -0.4 is 64.2 Å². The molecule has 10 unspecified atom stereocenters. The summed E-state index contributed by atoms with van der Waals surface area (Å²) >= 11 is 0. The maximum absolute atomic E-state index is 14.2. The molecule has 0 spiro atoms. The van der Waals surface area contributed by atoms with Gasteiger partial charge in [0, 0.05) is 89.7 Å². The number of benzene rings is 3. The van der Waals surface area contributed by atoms with Gasteiger partial charge in [0.2, 0.25) is 53.2 Å². The lowest BCUT2D eigenvalue weighted by Gasteiger charge is -2.28. The summed E-state index contributed by atoms with van der Waals surface area (Å²) in [6, 6.07) is 20.0. The molecule has 3 aromatic rings. The van der Waals surface area contributed by atoms with Gasteiger partial charge in [-0.15, -0.1) is 0 Å². The predicted molar refractivity (Wildman–Crippen MR) is 305 cm³/mol. The summed E-state index contributed by atoms with van der Waals surface area (Å²) in [5.74, 6) is -6.01. The van der Waals surface area contributed by atoms with Crippen LogP contribution in [-0.2, 0) is 56.0 Å². The summed E-state index contributed by atoms with van der Waals surface area (Å²) < 4.78 is 0. The standard InChI is InChI=1S/C60H84N12O9/c1-34(2)22-39(27-65-57(78)43-18-10-21-49(43)69-53(74)26-41(24-38-16-9-15-37-14-7-8-17-42(37)38)68-58(79)44-19-11-20-48(44)66-35(3)73)56(77)71-51-32-64-30-47(51)60(81)72-52-33-63-29-46(52)59(80)67-40(23-36-12-5-4-6-13-36)25-54(75)70-50-31-62-28-45(50)55(61)76/h4-9,12-17,34,39-41,43-52,62-64H,10-11,18-33H2,1-3H3,(H2,61,76)(H,65,78)(H,66,73)(H,67,80)(H,68,79)(H,69,74)(H,70,75)(H,71,77)(H,72,81)/t39-,40-,41-,43?,44?,45?,46?,47?,48?,49?,50?,51?,52?/m0/s1. The number of nitrogens with one attached hydrogen (secondary N) is 11. The van der Waals surface area contributed by atoms with Gasteiger partial charge in [-0.25, -0.2) is 0 Å². The van der Waals surface area contributed by atoms with E-state index in [-0.39, 0.29) is 78.6 Å². The molecule has 0 radical (unpaired) electrons. The van der Waals surface area contributed by atoms with Crippen LogP contribution in [0.4, 0.5) is 0 Å². The van der Waals surface area contributed by atoms with E-state index in [1.807, 2.05) is 86.6 Å². The Labute approximate surface area is 474 Å². The lowest BCUT2D eigenvalue weighted by Crippen LogP contribution is -2.54. The van der Waals surface area contributed by atoms with Crippen LogP contribution >= 0.6 is 0 Å². The Bertz CT molecular complexity index is 2720. The third-order valence-corrected chi connectivity index (χ3v) is 17.0. The van der Waals surface area contributed by atoms with Crippen molar-refractivity contribution in [3.05, 3.63) is 83.9 Å². The molecule has 5 fully saturated rings. The van der Waals surface area contributed by atoms with Gasteiger partial charge in [0.1, 0.15) is 0 Å². The Morgan fingerprint density at radius 2 is 1.06 bits per heavy atom. The molecule has 3 aromatic carbocycles. The van der Waals surface area contributed by atoms with Gasteiger partial charge in [-0.1, -0.05) is 99.5 Å². The predicted octanol–water partition coefficient (Wildman–Crippen LogP) is 0.341. The van der Waals surface area contributed by atoms with Crippen molar-refractivity contribution in [2.24, 2.45) is 47.2 Å². The third kappa shape index (κ3) is 16.6. The number of hydrogen-bond donors (Lipinski definition) is 12. The number of amides is 9. The van der Waals surface area contributed by atoms with E-state index in [1.165, 1.54) is 6.92 Å². The van der Waals surface area contributed by atoms with Crippen molar-refractivity contribution in [3.63, 3.8) is 0 Å². The minimum Gasteiger partial charge on any atom is -0.369 e. The van der Waals surface area contributed by atoms with E-state index in [0.29, 0.717) is 84.2 Å². The number of rotatable bonds is 25. The van der Waals surface area contributed by atoms with Gasteiger partial charge >= 0.3 is 0 Å². The van der Waals surface area contributed by atoms with Gasteiger partial charge in [-0.3, -0.25) is 43.2 Å². The van der Waals surface area contributed by atoms with E-state index >= 15 is 0 Å². The molecule has 13 atom stereocenters. The molecule has 8 rings (SSSR count). The molecule has 2 aliphatic carbocycles. The van der Waals surface area contributed by atoms with Crippen LogP contribution in [0.5, 0.6) is 0 Å². The smallest absolute Gasteiger partial charge is 0.226 e. The number of primary amides is 1. The van der Waals surface area contributed by atoms with Crippen molar-refractivity contribution in [1.29, 1.82) is 0 Å². The van der Waals surface area contributed by atoms with Crippen molar-refractivity contribution in [2.45, 2.75) is 134 Å². The van der Waals surface area contributed by atoms with E-state index in [1.54, 1.807) is 0 Å². The van der Waals surface area contributed by atoms with Crippen LogP contribution in [-0.4, -0.2) is 141 Å². The van der Waals surface area contributed by atoms with Gasteiger partial charge < -0.3 is 64.2 Å². The summed E-state index contributed by atoms with van der Waals surface area (Å²) in [5.41, 5.74) is 7.48. The molecule has 21 nitrogen and oxygen atoms in total. The summed E-state index contributed by atoms with van der Waals surface area (Å²) in [7, 11) is 0. The van der Waals surface area contributed by atoms with E-state index in [9.17, 15) is 43.2 Å². The third-order valence-electron chi connectivity index (χ3n) is 17.0. The first-order valence-electron chi connectivity index (χ1n) is 29.3. The van der Waals surface area contributed by atoms with Gasteiger partial charge in [0.25, 0.3) is 0 Å². The molecular formula is C60H84N12O9. The molecule has 5 aliphatic rings.